The molecule has 172 valence electrons. The Balaban J connectivity index is 1.56. The molecule has 1 N–H and O–H groups in total. The lowest BCUT2D eigenvalue weighted by Crippen LogP contribution is -2.41. The molecule has 0 heterocycles. The van der Waals surface area contributed by atoms with Crippen molar-refractivity contribution < 1.29 is 17.6 Å². The first kappa shape index (κ1) is 23.0. The number of fused-ring (bicyclic) bond motifs is 1. The van der Waals surface area contributed by atoms with E-state index in [1.165, 1.54) is 60.4 Å². The van der Waals surface area contributed by atoms with Gasteiger partial charge in [0, 0.05) is 0 Å². The zero-order valence-electron chi connectivity index (χ0n) is 18.5. The number of amides is 1. The number of rotatable bonds is 7. The molecule has 0 aliphatic heterocycles. The SMILES string of the molecule is C[C@@H](NC(=O)CN(c1ccc(F)cc1)S(=O)(=O)c1ccccc1)c1ccc2c(c1)CCCC2. The molecule has 0 bridgehead atoms. The van der Waals surface area contributed by atoms with E-state index in [0.717, 1.165) is 22.7 Å². The number of hydrogen-bond acceptors (Lipinski definition) is 3. The van der Waals surface area contributed by atoms with E-state index < -0.39 is 28.3 Å². The van der Waals surface area contributed by atoms with E-state index in [9.17, 15) is 17.6 Å². The van der Waals surface area contributed by atoms with Crippen molar-refractivity contribution in [2.75, 3.05) is 10.8 Å². The zero-order chi connectivity index (χ0) is 23.4. The minimum atomic E-state index is -4.02. The number of aryl methyl sites for hydroxylation is 2. The van der Waals surface area contributed by atoms with Crippen LogP contribution >= 0.6 is 0 Å². The standard InChI is InChI=1S/C26H27FN2O3S/c1-19(21-12-11-20-7-5-6-8-22(20)17-21)28-26(30)18-29(24-15-13-23(27)14-16-24)33(31,32)25-9-3-2-4-10-25/h2-4,9-17,19H,5-8,18H2,1H3,(H,28,30)/t19-/m1/s1. The Hall–Kier alpha value is -3.19. The van der Waals surface area contributed by atoms with Gasteiger partial charge in [-0.25, -0.2) is 12.8 Å². The lowest BCUT2D eigenvalue weighted by atomic mass is 9.89. The number of benzene rings is 3. The molecule has 1 aliphatic carbocycles. The van der Waals surface area contributed by atoms with Crippen molar-refractivity contribution in [3.05, 3.63) is 95.3 Å². The van der Waals surface area contributed by atoms with Crippen molar-refractivity contribution in [1.29, 1.82) is 0 Å². The van der Waals surface area contributed by atoms with E-state index in [4.69, 9.17) is 0 Å². The lowest BCUT2D eigenvalue weighted by molar-refractivity contribution is -0.120. The van der Waals surface area contributed by atoms with Gasteiger partial charge in [-0.1, -0.05) is 36.4 Å². The van der Waals surface area contributed by atoms with Crippen LogP contribution in [0.2, 0.25) is 0 Å². The average Bonchev–Trinajstić information content (AvgIpc) is 2.83. The number of nitrogens with zero attached hydrogens (tertiary/aromatic N) is 1. The number of carbonyl (C=O) groups is 1. The van der Waals surface area contributed by atoms with Crippen LogP contribution in [0.3, 0.4) is 0 Å². The van der Waals surface area contributed by atoms with Crippen LogP contribution in [0.5, 0.6) is 0 Å². The second kappa shape index (κ2) is 9.75. The summed E-state index contributed by atoms with van der Waals surface area (Å²) in [6, 6.07) is 19.0. The van der Waals surface area contributed by atoms with Crippen molar-refractivity contribution in [3.8, 4) is 0 Å². The van der Waals surface area contributed by atoms with E-state index in [-0.39, 0.29) is 16.6 Å². The van der Waals surface area contributed by atoms with Gasteiger partial charge in [-0.2, -0.15) is 0 Å². The van der Waals surface area contributed by atoms with Gasteiger partial charge in [-0.15, -0.1) is 0 Å². The van der Waals surface area contributed by atoms with Gasteiger partial charge in [0.15, 0.2) is 0 Å². The van der Waals surface area contributed by atoms with E-state index in [2.05, 4.69) is 17.4 Å². The van der Waals surface area contributed by atoms with Crippen LogP contribution < -0.4 is 9.62 Å². The largest absolute Gasteiger partial charge is 0.348 e. The second-order valence-electron chi connectivity index (χ2n) is 8.33. The van der Waals surface area contributed by atoms with Crippen molar-refractivity contribution in [2.24, 2.45) is 0 Å². The Kier molecular flexibility index (Phi) is 6.79. The third-order valence-corrected chi connectivity index (χ3v) is 7.77. The molecule has 33 heavy (non-hydrogen) atoms. The van der Waals surface area contributed by atoms with Gasteiger partial charge in [0.2, 0.25) is 5.91 Å². The predicted molar refractivity (Wildman–Crippen MR) is 127 cm³/mol. The Morgan fingerprint density at radius 1 is 0.970 bits per heavy atom. The highest BCUT2D eigenvalue weighted by Crippen LogP contribution is 2.26. The quantitative estimate of drug-likeness (QED) is 0.545. The Morgan fingerprint density at radius 2 is 1.64 bits per heavy atom. The molecule has 0 radical (unpaired) electrons. The molecule has 5 nitrogen and oxygen atoms in total. The second-order valence-corrected chi connectivity index (χ2v) is 10.2. The summed E-state index contributed by atoms with van der Waals surface area (Å²) in [6.45, 7) is 1.47. The molecule has 1 aliphatic rings. The third kappa shape index (κ3) is 5.25. The van der Waals surface area contributed by atoms with Gasteiger partial charge in [0.25, 0.3) is 10.0 Å². The molecule has 1 amide bonds. The molecule has 0 spiro atoms. The van der Waals surface area contributed by atoms with Crippen LogP contribution in [0, 0.1) is 5.82 Å². The molecule has 4 rings (SSSR count). The zero-order valence-corrected chi connectivity index (χ0v) is 19.3. The number of halogens is 1. The molecule has 0 saturated heterocycles. The fourth-order valence-electron chi connectivity index (χ4n) is 4.17. The summed E-state index contributed by atoms with van der Waals surface area (Å²) in [5.41, 5.74) is 3.89. The normalized spacial score (nSPS) is 14.2. The fourth-order valence-corrected chi connectivity index (χ4v) is 5.61. The van der Waals surface area contributed by atoms with Crippen LogP contribution in [-0.2, 0) is 27.7 Å². The van der Waals surface area contributed by atoms with Crippen molar-refractivity contribution >= 4 is 21.6 Å². The molecular weight excluding hydrogens is 439 g/mol. The summed E-state index contributed by atoms with van der Waals surface area (Å²) in [7, 11) is -4.02. The van der Waals surface area contributed by atoms with E-state index >= 15 is 0 Å². The number of anilines is 1. The fraction of sp³-hybridized carbons (Fsp3) is 0.269. The van der Waals surface area contributed by atoms with Gasteiger partial charge >= 0.3 is 0 Å². The topological polar surface area (TPSA) is 66.5 Å². The van der Waals surface area contributed by atoms with Gasteiger partial charge < -0.3 is 5.32 Å². The first-order valence-corrected chi connectivity index (χ1v) is 12.5. The summed E-state index contributed by atoms with van der Waals surface area (Å²) in [5, 5.41) is 2.92. The van der Waals surface area contributed by atoms with Gasteiger partial charge in [0.05, 0.1) is 16.6 Å². The highest BCUT2D eigenvalue weighted by atomic mass is 32.2. The first-order chi connectivity index (χ1) is 15.8. The number of hydrogen-bond donors (Lipinski definition) is 1. The maximum Gasteiger partial charge on any atom is 0.264 e. The van der Waals surface area contributed by atoms with Crippen molar-refractivity contribution in [2.45, 2.75) is 43.5 Å². The van der Waals surface area contributed by atoms with Crippen LogP contribution in [0.15, 0.2) is 77.7 Å². The third-order valence-electron chi connectivity index (χ3n) is 5.98. The van der Waals surface area contributed by atoms with E-state index in [0.29, 0.717) is 0 Å². The molecule has 1 atom stereocenters. The molecule has 0 fully saturated rings. The van der Waals surface area contributed by atoms with E-state index in [1.807, 2.05) is 13.0 Å². The van der Waals surface area contributed by atoms with E-state index in [1.54, 1.807) is 18.2 Å². The first-order valence-electron chi connectivity index (χ1n) is 11.1. The number of sulfonamides is 1. The molecule has 0 saturated carbocycles. The minimum Gasteiger partial charge on any atom is -0.348 e. The Labute approximate surface area is 194 Å². The van der Waals surface area contributed by atoms with Crippen LogP contribution in [0.1, 0.15) is 42.5 Å². The average molecular weight is 467 g/mol. The van der Waals surface area contributed by atoms with Crippen LogP contribution in [0.4, 0.5) is 10.1 Å². The Bertz CT molecular complexity index is 1230. The summed E-state index contributed by atoms with van der Waals surface area (Å²) >= 11 is 0. The van der Waals surface area contributed by atoms with Crippen LogP contribution in [0.25, 0.3) is 0 Å². The predicted octanol–water partition coefficient (Wildman–Crippen LogP) is 4.78. The van der Waals surface area contributed by atoms with Gasteiger partial charge in [0.1, 0.15) is 12.4 Å². The van der Waals surface area contributed by atoms with Crippen LogP contribution in [-0.4, -0.2) is 20.9 Å². The molecule has 0 unspecified atom stereocenters. The molecule has 3 aromatic rings. The molecule has 0 aromatic heterocycles. The van der Waals surface area contributed by atoms with Gasteiger partial charge in [-0.05, 0) is 85.7 Å². The lowest BCUT2D eigenvalue weighted by Gasteiger charge is -2.25. The van der Waals surface area contributed by atoms with Gasteiger partial charge in [-0.3, -0.25) is 9.10 Å². The maximum absolute atomic E-state index is 13.5. The molecule has 7 heteroatoms. The van der Waals surface area contributed by atoms with Crippen molar-refractivity contribution in [3.63, 3.8) is 0 Å². The number of nitrogens with one attached hydrogen (secondary N) is 1. The minimum absolute atomic E-state index is 0.0601. The monoisotopic (exact) mass is 466 g/mol. The molecule has 3 aromatic carbocycles. The highest BCUT2D eigenvalue weighted by Gasteiger charge is 2.27. The summed E-state index contributed by atoms with van der Waals surface area (Å²) in [5.74, 6) is -0.926. The highest BCUT2D eigenvalue weighted by molar-refractivity contribution is 7.92. The summed E-state index contributed by atoms with van der Waals surface area (Å²) in [6.07, 6.45) is 4.49. The maximum atomic E-state index is 13.5. The number of carbonyl (C=O) groups excluding carboxylic acids is 1. The summed E-state index contributed by atoms with van der Waals surface area (Å²) in [4.78, 5) is 13.0. The smallest absolute Gasteiger partial charge is 0.264 e. The summed E-state index contributed by atoms with van der Waals surface area (Å²) < 4.78 is 41.1. The van der Waals surface area contributed by atoms with Crippen molar-refractivity contribution in [1.82, 2.24) is 5.32 Å². The molecular formula is C26H27FN2O3S. The Morgan fingerprint density at radius 3 is 2.33 bits per heavy atom.